The van der Waals surface area contributed by atoms with Crippen LogP contribution in [0.1, 0.15) is 106 Å². The summed E-state index contributed by atoms with van der Waals surface area (Å²) in [6.45, 7) is 2.06. The van der Waals surface area contributed by atoms with Crippen LogP contribution >= 0.6 is 0 Å². The summed E-state index contributed by atoms with van der Waals surface area (Å²) in [5.41, 5.74) is 7.63. The van der Waals surface area contributed by atoms with Crippen LogP contribution in [0.25, 0.3) is 33.4 Å². The number of imidazole rings is 2. The number of carbonyl (C=O) groups is 1. The lowest BCUT2D eigenvalue weighted by Crippen LogP contribution is -2.42. The average Bonchev–Trinajstić information content (AvgIpc) is 3.95. The maximum atomic E-state index is 14.1. The minimum atomic E-state index is -0.174. The van der Waals surface area contributed by atoms with Gasteiger partial charge in [0.2, 0.25) is 5.91 Å². The fourth-order valence-electron chi connectivity index (χ4n) is 9.52. The van der Waals surface area contributed by atoms with E-state index in [1.807, 2.05) is 24.4 Å². The maximum Gasteiger partial charge on any atom is 0.230 e. The van der Waals surface area contributed by atoms with Crippen LogP contribution in [0.15, 0.2) is 79.0 Å². The molecule has 4 aliphatic rings. The first-order chi connectivity index (χ1) is 23.6. The summed E-state index contributed by atoms with van der Waals surface area (Å²) < 4.78 is 0. The van der Waals surface area contributed by atoms with Crippen LogP contribution in [-0.4, -0.2) is 42.8 Å². The van der Waals surface area contributed by atoms with E-state index in [-0.39, 0.29) is 17.9 Å². The van der Waals surface area contributed by atoms with Gasteiger partial charge in [0.1, 0.15) is 11.6 Å². The minimum absolute atomic E-state index is 0.0151. The summed E-state index contributed by atoms with van der Waals surface area (Å²) in [5.74, 6) is 3.38. The lowest BCUT2D eigenvalue weighted by molar-refractivity contribution is -0.136. The van der Waals surface area contributed by atoms with E-state index in [0.29, 0.717) is 24.0 Å². The first-order valence-corrected chi connectivity index (χ1v) is 18.4. The number of rotatable bonds is 6. The van der Waals surface area contributed by atoms with Gasteiger partial charge >= 0.3 is 0 Å². The summed E-state index contributed by atoms with van der Waals surface area (Å²) >= 11 is 0. The Hall–Kier alpha value is -4.23. The van der Waals surface area contributed by atoms with Gasteiger partial charge in [-0.05, 0) is 91.7 Å². The largest absolute Gasteiger partial charge is 0.341 e. The molecule has 2 aromatic heterocycles. The van der Waals surface area contributed by atoms with Gasteiger partial charge in [-0.3, -0.25) is 4.79 Å². The molecule has 0 spiro atoms. The Bertz CT molecular complexity index is 1900. The highest BCUT2D eigenvalue weighted by Crippen LogP contribution is 2.47. The minimum Gasteiger partial charge on any atom is -0.341 e. The number of hydrogen-bond acceptors (Lipinski definition) is 4. The molecule has 2 aliphatic heterocycles. The lowest BCUT2D eigenvalue weighted by Gasteiger charge is -2.35. The fourth-order valence-corrected chi connectivity index (χ4v) is 9.52. The Kier molecular flexibility index (Phi) is 7.68. The van der Waals surface area contributed by atoms with Crippen molar-refractivity contribution in [3.05, 3.63) is 96.2 Å². The number of carbonyl (C=O) groups excluding carboxylic acids is 1. The normalized spacial score (nSPS) is 27.6. The van der Waals surface area contributed by atoms with E-state index in [2.05, 4.69) is 81.7 Å². The van der Waals surface area contributed by atoms with Crippen LogP contribution in [0.4, 0.5) is 0 Å². The summed E-state index contributed by atoms with van der Waals surface area (Å²) in [4.78, 5) is 33.5. The molecule has 3 aromatic carbocycles. The van der Waals surface area contributed by atoms with Gasteiger partial charge in [-0.25, -0.2) is 9.97 Å². The van der Waals surface area contributed by atoms with Crippen molar-refractivity contribution in [2.24, 2.45) is 11.8 Å². The summed E-state index contributed by atoms with van der Waals surface area (Å²) in [6, 6.07) is 26.8. The number of hydrogen-bond donors (Lipinski definition) is 3. The highest BCUT2D eigenvalue weighted by atomic mass is 16.2. The molecule has 5 aromatic rings. The number of aromatic nitrogens is 4. The van der Waals surface area contributed by atoms with Crippen molar-refractivity contribution in [1.29, 1.82) is 0 Å². The zero-order chi connectivity index (χ0) is 32.2. The van der Waals surface area contributed by atoms with Crippen LogP contribution < -0.4 is 5.32 Å². The van der Waals surface area contributed by atoms with Crippen LogP contribution in [0.2, 0.25) is 0 Å². The van der Waals surface area contributed by atoms with Crippen molar-refractivity contribution < 1.29 is 4.79 Å². The monoisotopic (exact) mass is 638 g/mol. The van der Waals surface area contributed by atoms with E-state index in [0.717, 1.165) is 58.3 Å². The first-order valence-electron chi connectivity index (χ1n) is 18.4. The SMILES string of the molecule is C[C@@H](C(=O)N1[C@H](c2ncc(-c3ccc(-c4ccc5[nH]c([C@@H]6C[C@@H]7CCCC[C@@H]7N6)nc5c4)cc3)[nH]2)C[C@@H]2CCCC[C@@H]21)c1ccccc1. The quantitative estimate of drug-likeness (QED) is 0.173. The van der Waals surface area contributed by atoms with Crippen LogP contribution in [-0.2, 0) is 4.79 Å². The molecule has 7 heteroatoms. The first kappa shape index (κ1) is 29.9. The molecule has 1 amide bonds. The van der Waals surface area contributed by atoms with E-state index in [1.165, 1.54) is 62.5 Å². The Labute approximate surface area is 283 Å². The van der Waals surface area contributed by atoms with E-state index < -0.39 is 0 Å². The molecule has 4 heterocycles. The Morgan fingerprint density at radius 2 is 1.54 bits per heavy atom. The Morgan fingerprint density at radius 1 is 0.792 bits per heavy atom. The van der Waals surface area contributed by atoms with Gasteiger partial charge in [0, 0.05) is 12.1 Å². The smallest absolute Gasteiger partial charge is 0.230 e. The lowest BCUT2D eigenvalue weighted by atomic mass is 9.84. The number of H-pyrrole nitrogens is 2. The van der Waals surface area contributed by atoms with Gasteiger partial charge in [-0.15, -0.1) is 0 Å². The Morgan fingerprint density at radius 3 is 2.38 bits per heavy atom. The van der Waals surface area contributed by atoms with Crippen LogP contribution in [0.5, 0.6) is 0 Å². The number of benzene rings is 3. The van der Waals surface area contributed by atoms with E-state index in [9.17, 15) is 4.79 Å². The predicted molar refractivity (Wildman–Crippen MR) is 190 cm³/mol. The summed E-state index contributed by atoms with van der Waals surface area (Å²) in [7, 11) is 0. The second-order valence-electron chi connectivity index (χ2n) is 15.0. The maximum absolute atomic E-state index is 14.1. The molecule has 3 N–H and O–H groups in total. The molecule has 4 fully saturated rings. The second-order valence-corrected chi connectivity index (χ2v) is 15.0. The van der Waals surface area contributed by atoms with Crippen molar-refractivity contribution in [3.8, 4) is 22.4 Å². The molecule has 7 nitrogen and oxygen atoms in total. The molecular weight excluding hydrogens is 592 g/mol. The van der Waals surface area contributed by atoms with Crippen LogP contribution in [0, 0.1) is 11.8 Å². The highest BCUT2D eigenvalue weighted by molar-refractivity contribution is 5.85. The molecule has 2 saturated heterocycles. The third-order valence-electron chi connectivity index (χ3n) is 12.1. The average molecular weight is 639 g/mol. The van der Waals surface area contributed by atoms with Crippen molar-refractivity contribution in [3.63, 3.8) is 0 Å². The molecule has 0 bridgehead atoms. The molecule has 7 atom stereocenters. The number of fused-ring (bicyclic) bond motifs is 3. The van der Waals surface area contributed by atoms with E-state index >= 15 is 0 Å². The molecule has 2 aliphatic carbocycles. The standard InChI is InChI=1S/C41H46N6O/c1-25(26-9-3-2-4-10-26)41(48)47-37-14-8-6-12-31(37)23-38(47)40-42-24-36(46-40)28-17-15-27(16-18-28)29-19-20-33-34(21-29)45-39(44-33)35-22-30-11-5-7-13-32(30)43-35/h2-4,9-10,15-21,24-25,30-32,35,37-38,43H,5-8,11-14,22-23H2,1H3,(H,42,46)(H,44,45)/t25-,30+,31+,32+,35+,37+,38+/m1/s1. The van der Waals surface area contributed by atoms with Crippen molar-refractivity contribution in [2.75, 3.05) is 0 Å². The van der Waals surface area contributed by atoms with Crippen LogP contribution in [0.3, 0.4) is 0 Å². The van der Waals surface area contributed by atoms with Crippen molar-refractivity contribution in [2.45, 2.75) is 101 Å². The fraction of sp³-hybridized carbons (Fsp3) is 0.439. The summed E-state index contributed by atoms with van der Waals surface area (Å²) in [5, 5.41) is 3.87. The summed E-state index contributed by atoms with van der Waals surface area (Å²) in [6.07, 6.45) is 14.2. The second kappa shape index (κ2) is 12.3. The topological polar surface area (TPSA) is 89.7 Å². The number of likely N-dealkylation sites (tertiary alicyclic amines) is 1. The molecule has 246 valence electrons. The van der Waals surface area contributed by atoms with Gasteiger partial charge in [0.05, 0.1) is 40.9 Å². The molecule has 48 heavy (non-hydrogen) atoms. The molecule has 0 radical (unpaired) electrons. The molecule has 0 unspecified atom stereocenters. The number of amides is 1. The van der Waals surface area contributed by atoms with Crippen molar-refractivity contribution in [1.82, 2.24) is 30.2 Å². The number of aromatic amines is 2. The predicted octanol–water partition coefficient (Wildman–Crippen LogP) is 8.85. The Balaban J connectivity index is 0.934. The number of nitrogens with one attached hydrogen (secondary N) is 3. The third kappa shape index (κ3) is 5.36. The zero-order valence-electron chi connectivity index (χ0n) is 27.9. The highest BCUT2D eigenvalue weighted by Gasteiger charge is 2.47. The molecule has 9 rings (SSSR count). The third-order valence-corrected chi connectivity index (χ3v) is 12.1. The number of nitrogens with zero attached hydrogens (tertiary/aromatic N) is 3. The van der Waals surface area contributed by atoms with Gasteiger partial charge < -0.3 is 20.2 Å². The van der Waals surface area contributed by atoms with Gasteiger partial charge in [0.25, 0.3) is 0 Å². The van der Waals surface area contributed by atoms with Gasteiger partial charge in [-0.2, -0.15) is 0 Å². The zero-order valence-corrected chi connectivity index (χ0v) is 27.9. The van der Waals surface area contributed by atoms with Crippen molar-refractivity contribution >= 4 is 16.9 Å². The van der Waals surface area contributed by atoms with Gasteiger partial charge in [-0.1, -0.05) is 86.3 Å². The van der Waals surface area contributed by atoms with E-state index in [1.54, 1.807) is 0 Å². The van der Waals surface area contributed by atoms with Gasteiger partial charge in [0.15, 0.2) is 0 Å². The molecular formula is C41H46N6O. The molecule has 2 saturated carbocycles. The van der Waals surface area contributed by atoms with E-state index in [4.69, 9.17) is 9.97 Å².